The molecule has 0 atom stereocenters. The van der Waals surface area contributed by atoms with Crippen molar-refractivity contribution in [2.45, 2.75) is 6.54 Å². The van der Waals surface area contributed by atoms with Crippen LogP contribution in [0.3, 0.4) is 0 Å². The van der Waals surface area contributed by atoms with Crippen LogP contribution in [-0.4, -0.2) is 15.8 Å². The van der Waals surface area contributed by atoms with Crippen LogP contribution in [0.5, 0.6) is 0 Å². The van der Waals surface area contributed by atoms with E-state index in [0.29, 0.717) is 5.82 Å². The van der Waals surface area contributed by atoms with Gasteiger partial charge in [-0.05, 0) is 29.8 Å². The van der Waals surface area contributed by atoms with Crippen LogP contribution in [0.2, 0.25) is 0 Å². The first-order chi connectivity index (χ1) is 10.9. The number of benzene rings is 1. The standard InChI is InChI=1S/C18H14N4/c1-2-8-15-14(7-1)13-22(17-10-4-6-12-20-17)18(15)21-16-9-3-5-11-19-16/h1-12H,13H2. The summed E-state index contributed by atoms with van der Waals surface area (Å²) in [5, 5.41) is 0. The molecule has 0 saturated heterocycles. The number of amidine groups is 1. The fraction of sp³-hybridized carbons (Fsp3) is 0.0556. The highest BCUT2D eigenvalue weighted by Gasteiger charge is 2.27. The van der Waals surface area contributed by atoms with Crippen molar-refractivity contribution in [2.24, 2.45) is 4.99 Å². The van der Waals surface area contributed by atoms with Crippen molar-refractivity contribution < 1.29 is 0 Å². The lowest BCUT2D eigenvalue weighted by molar-refractivity contribution is 1.01. The zero-order chi connectivity index (χ0) is 14.8. The molecule has 0 unspecified atom stereocenters. The predicted octanol–water partition coefficient (Wildman–Crippen LogP) is 3.58. The average Bonchev–Trinajstić information content (AvgIpc) is 2.95. The molecule has 0 aliphatic carbocycles. The van der Waals surface area contributed by atoms with Crippen molar-refractivity contribution in [1.82, 2.24) is 9.97 Å². The van der Waals surface area contributed by atoms with E-state index in [1.54, 1.807) is 12.4 Å². The Morgan fingerprint density at radius 1 is 0.818 bits per heavy atom. The summed E-state index contributed by atoms with van der Waals surface area (Å²) in [5.74, 6) is 2.50. The van der Waals surface area contributed by atoms with E-state index in [2.05, 4.69) is 33.1 Å². The van der Waals surface area contributed by atoms with Gasteiger partial charge in [0.15, 0.2) is 5.82 Å². The number of pyridine rings is 2. The molecule has 4 heteroatoms. The molecule has 2 aromatic heterocycles. The average molecular weight is 286 g/mol. The van der Waals surface area contributed by atoms with Crippen LogP contribution in [0.4, 0.5) is 11.6 Å². The van der Waals surface area contributed by atoms with Gasteiger partial charge in [0.25, 0.3) is 0 Å². The quantitative estimate of drug-likeness (QED) is 0.723. The number of hydrogen-bond acceptors (Lipinski definition) is 3. The van der Waals surface area contributed by atoms with Gasteiger partial charge in [-0.3, -0.25) is 0 Å². The number of rotatable bonds is 2. The van der Waals surface area contributed by atoms with E-state index in [1.165, 1.54) is 5.56 Å². The Hall–Kier alpha value is -3.01. The smallest absolute Gasteiger partial charge is 0.154 e. The van der Waals surface area contributed by atoms with Gasteiger partial charge in [0, 0.05) is 18.0 Å². The molecular formula is C18H14N4. The van der Waals surface area contributed by atoms with Crippen LogP contribution in [0.25, 0.3) is 0 Å². The molecule has 0 saturated carbocycles. The number of aliphatic imine (C=N–C) groups is 1. The SMILES string of the molecule is c1ccc(N=C2c3ccccc3CN2c2ccccn2)nc1. The van der Waals surface area contributed by atoms with Crippen LogP contribution >= 0.6 is 0 Å². The summed E-state index contributed by atoms with van der Waals surface area (Å²) in [7, 11) is 0. The molecule has 0 radical (unpaired) electrons. The van der Waals surface area contributed by atoms with Gasteiger partial charge in [0.05, 0.1) is 6.54 Å². The van der Waals surface area contributed by atoms with Gasteiger partial charge in [-0.25, -0.2) is 15.0 Å². The Kier molecular flexibility index (Phi) is 3.12. The highest BCUT2D eigenvalue weighted by Crippen LogP contribution is 2.28. The number of fused-ring (bicyclic) bond motifs is 1. The molecule has 0 spiro atoms. The van der Waals surface area contributed by atoms with Crippen LogP contribution in [-0.2, 0) is 6.54 Å². The lowest BCUT2D eigenvalue weighted by Crippen LogP contribution is -2.24. The van der Waals surface area contributed by atoms with E-state index in [1.807, 2.05) is 42.5 Å². The van der Waals surface area contributed by atoms with Gasteiger partial charge in [-0.15, -0.1) is 0 Å². The van der Waals surface area contributed by atoms with Crippen molar-refractivity contribution in [3.8, 4) is 0 Å². The highest BCUT2D eigenvalue weighted by molar-refractivity contribution is 6.13. The summed E-state index contributed by atoms with van der Waals surface area (Å²) in [4.78, 5) is 15.6. The number of anilines is 1. The van der Waals surface area contributed by atoms with Crippen molar-refractivity contribution in [2.75, 3.05) is 4.90 Å². The summed E-state index contributed by atoms with van der Waals surface area (Å²) < 4.78 is 0. The molecule has 0 fully saturated rings. The Bertz CT molecular complexity index is 813. The largest absolute Gasteiger partial charge is 0.306 e. The minimum Gasteiger partial charge on any atom is -0.306 e. The zero-order valence-electron chi connectivity index (χ0n) is 11.9. The summed E-state index contributed by atoms with van der Waals surface area (Å²) in [6.07, 6.45) is 3.56. The molecule has 1 aromatic carbocycles. The van der Waals surface area contributed by atoms with Crippen molar-refractivity contribution in [3.63, 3.8) is 0 Å². The summed E-state index contributed by atoms with van der Waals surface area (Å²) in [6.45, 7) is 0.777. The Morgan fingerprint density at radius 3 is 2.36 bits per heavy atom. The van der Waals surface area contributed by atoms with Gasteiger partial charge < -0.3 is 4.90 Å². The maximum Gasteiger partial charge on any atom is 0.154 e. The summed E-state index contributed by atoms with van der Waals surface area (Å²) in [6, 6.07) is 20.0. The number of hydrogen-bond donors (Lipinski definition) is 0. The van der Waals surface area contributed by atoms with E-state index in [-0.39, 0.29) is 0 Å². The van der Waals surface area contributed by atoms with E-state index in [4.69, 9.17) is 4.99 Å². The first kappa shape index (κ1) is 12.7. The van der Waals surface area contributed by atoms with Crippen molar-refractivity contribution in [1.29, 1.82) is 0 Å². The Labute approximate surface area is 128 Å². The second-order valence-electron chi connectivity index (χ2n) is 5.05. The lowest BCUT2D eigenvalue weighted by Gasteiger charge is -2.17. The molecule has 4 rings (SSSR count). The van der Waals surface area contributed by atoms with Crippen LogP contribution < -0.4 is 4.90 Å². The fourth-order valence-corrected chi connectivity index (χ4v) is 2.62. The second kappa shape index (κ2) is 5.41. The van der Waals surface area contributed by atoms with Crippen LogP contribution in [0.1, 0.15) is 11.1 Å². The molecule has 3 aromatic rings. The van der Waals surface area contributed by atoms with Gasteiger partial charge in [0.1, 0.15) is 11.7 Å². The van der Waals surface area contributed by atoms with Gasteiger partial charge >= 0.3 is 0 Å². The van der Waals surface area contributed by atoms with Crippen molar-refractivity contribution in [3.05, 3.63) is 84.2 Å². The first-order valence-electron chi connectivity index (χ1n) is 7.18. The van der Waals surface area contributed by atoms with Crippen molar-refractivity contribution >= 4 is 17.5 Å². The monoisotopic (exact) mass is 286 g/mol. The molecule has 0 bridgehead atoms. The molecular weight excluding hydrogens is 272 g/mol. The topological polar surface area (TPSA) is 41.4 Å². The number of aromatic nitrogens is 2. The maximum absolute atomic E-state index is 4.75. The fourth-order valence-electron chi connectivity index (χ4n) is 2.62. The molecule has 3 heterocycles. The highest BCUT2D eigenvalue weighted by atomic mass is 15.3. The molecule has 0 amide bonds. The Balaban J connectivity index is 1.85. The normalized spacial score (nSPS) is 15.1. The molecule has 22 heavy (non-hydrogen) atoms. The van der Waals surface area contributed by atoms with Gasteiger partial charge in [0.2, 0.25) is 0 Å². The van der Waals surface area contributed by atoms with E-state index in [9.17, 15) is 0 Å². The van der Waals surface area contributed by atoms with Gasteiger partial charge in [-0.2, -0.15) is 0 Å². The minimum atomic E-state index is 0.704. The first-order valence-corrected chi connectivity index (χ1v) is 7.18. The molecule has 1 aliphatic rings. The minimum absolute atomic E-state index is 0.704. The molecule has 1 aliphatic heterocycles. The maximum atomic E-state index is 4.75. The molecule has 0 N–H and O–H groups in total. The third-order valence-electron chi connectivity index (χ3n) is 3.64. The third kappa shape index (κ3) is 2.24. The van der Waals surface area contributed by atoms with E-state index >= 15 is 0 Å². The summed E-state index contributed by atoms with van der Waals surface area (Å²) in [5.41, 5.74) is 2.39. The molecule has 106 valence electrons. The Morgan fingerprint density at radius 2 is 1.59 bits per heavy atom. The third-order valence-corrected chi connectivity index (χ3v) is 3.64. The van der Waals surface area contributed by atoms with E-state index < -0.39 is 0 Å². The van der Waals surface area contributed by atoms with Crippen LogP contribution in [0, 0.1) is 0 Å². The van der Waals surface area contributed by atoms with Crippen LogP contribution in [0.15, 0.2) is 78.0 Å². The summed E-state index contributed by atoms with van der Waals surface area (Å²) >= 11 is 0. The lowest BCUT2D eigenvalue weighted by atomic mass is 10.1. The zero-order valence-corrected chi connectivity index (χ0v) is 11.9. The van der Waals surface area contributed by atoms with E-state index in [0.717, 1.165) is 23.8 Å². The molecule has 4 nitrogen and oxygen atoms in total. The number of nitrogens with zero attached hydrogens (tertiary/aromatic N) is 4. The second-order valence-corrected chi connectivity index (χ2v) is 5.05. The predicted molar refractivity (Wildman–Crippen MR) is 87.3 cm³/mol. The van der Waals surface area contributed by atoms with Gasteiger partial charge in [-0.1, -0.05) is 36.4 Å².